The van der Waals surface area contributed by atoms with Crippen molar-refractivity contribution in [2.45, 2.75) is 40.9 Å². The number of aryl methyl sites for hydroxylation is 4. The van der Waals surface area contributed by atoms with Crippen LogP contribution in [0.15, 0.2) is 155 Å². The number of hydrogen-bond acceptors (Lipinski definition) is 5. The topological polar surface area (TPSA) is 48.0 Å². The zero-order valence-electron chi connectivity index (χ0n) is 29.4. The number of rotatable bonds is 12. The third-order valence-electron chi connectivity index (χ3n) is 9.21. The van der Waals surface area contributed by atoms with Crippen LogP contribution in [0.2, 0.25) is 0 Å². The first-order valence-electron chi connectivity index (χ1n) is 17.2. The summed E-state index contributed by atoms with van der Waals surface area (Å²) in [6.07, 6.45) is 5.55. The van der Waals surface area contributed by atoms with E-state index in [0.29, 0.717) is 13.2 Å². The molecule has 0 saturated carbocycles. The van der Waals surface area contributed by atoms with Crippen LogP contribution in [-0.2, 0) is 13.2 Å². The maximum absolute atomic E-state index is 5.98. The van der Waals surface area contributed by atoms with E-state index in [0.717, 1.165) is 62.3 Å². The molecule has 0 aliphatic rings. The van der Waals surface area contributed by atoms with E-state index >= 15 is 0 Å². The van der Waals surface area contributed by atoms with Crippen LogP contribution in [-0.4, -0.2) is 0 Å². The Morgan fingerprint density at radius 1 is 0.510 bits per heavy atom. The van der Waals surface area contributed by atoms with Crippen LogP contribution < -0.4 is 14.4 Å². The van der Waals surface area contributed by atoms with Gasteiger partial charge in [0.25, 0.3) is 0 Å². The molecule has 0 fully saturated rings. The van der Waals surface area contributed by atoms with Crippen molar-refractivity contribution in [3.8, 4) is 11.5 Å². The average Bonchev–Trinajstić information content (AvgIpc) is 3.88. The second-order valence-electron chi connectivity index (χ2n) is 12.8. The Hall–Kier alpha value is -6.20. The Morgan fingerprint density at radius 2 is 0.961 bits per heavy atom. The average molecular weight is 672 g/mol. The molecule has 7 aromatic rings. The fourth-order valence-electron chi connectivity index (χ4n) is 5.96. The Bertz CT molecular complexity index is 2080. The molecule has 0 unspecified atom stereocenters. The Balaban J connectivity index is 1.21. The molecule has 5 nitrogen and oxygen atoms in total. The molecule has 0 bridgehead atoms. The highest BCUT2D eigenvalue weighted by Crippen LogP contribution is 2.37. The lowest BCUT2D eigenvalue weighted by Crippen LogP contribution is -2.10. The molecule has 2 aromatic heterocycles. The van der Waals surface area contributed by atoms with Crippen LogP contribution in [0.5, 0.6) is 11.5 Å². The molecule has 0 spiro atoms. The minimum Gasteiger partial charge on any atom is -0.486 e. The number of furan rings is 2. The van der Waals surface area contributed by atoms with Gasteiger partial charge >= 0.3 is 0 Å². The van der Waals surface area contributed by atoms with Gasteiger partial charge in [0, 0.05) is 17.1 Å². The number of hydrogen-bond donors (Lipinski definition) is 0. The van der Waals surface area contributed by atoms with Crippen LogP contribution in [0, 0.1) is 27.7 Å². The van der Waals surface area contributed by atoms with Crippen molar-refractivity contribution in [1.29, 1.82) is 0 Å². The van der Waals surface area contributed by atoms with Gasteiger partial charge in [-0.25, -0.2) is 0 Å². The van der Waals surface area contributed by atoms with Crippen molar-refractivity contribution in [2.24, 2.45) is 0 Å². The van der Waals surface area contributed by atoms with Crippen molar-refractivity contribution in [3.05, 3.63) is 196 Å². The molecule has 0 aliphatic carbocycles. The van der Waals surface area contributed by atoms with Gasteiger partial charge < -0.3 is 23.2 Å². The van der Waals surface area contributed by atoms with Gasteiger partial charge in [-0.15, -0.1) is 0 Å². The fraction of sp³-hybridized carbons (Fsp3) is 0.130. The molecule has 0 aliphatic heterocycles. The van der Waals surface area contributed by atoms with Crippen molar-refractivity contribution in [3.63, 3.8) is 0 Å². The van der Waals surface area contributed by atoms with E-state index in [9.17, 15) is 0 Å². The van der Waals surface area contributed by atoms with E-state index in [1.54, 1.807) is 12.5 Å². The SMILES string of the molecule is Cc1ccc(N(c2ccc(C=C(c3ccc(OCc4ccco4)cc3)c3ccc(OCc4ccco4)cc3)cc2)c2ccc(C)c(C)c2)cc1C. The molecule has 254 valence electrons. The first kappa shape index (κ1) is 33.3. The van der Waals surface area contributed by atoms with E-state index in [1.807, 2.05) is 48.5 Å². The molecule has 0 saturated heterocycles. The van der Waals surface area contributed by atoms with E-state index < -0.39 is 0 Å². The van der Waals surface area contributed by atoms with Crippen LogP contribution in [0.3, 0.4) is 0 Å². The largest absolute Gasteiger partial charge is 0.486 e. The van der Waals surface area contributed by atoms with Crippen LogP contribution in [0.4, 0.5) is 17.1 Å². The molecular formula is C46H41NO4. The third-order valence-corrected chi connectivity index (χ3v) is 9.21. The number of anilines is 3. The third kappa shape index (κ3) is 8.00. The summed E-state index contributed by atoms with van der Waals surface area (Å²) >= 11 is 0. The Morgan fingerprint density at radius 3 is 1.37 bits per heavy atom. The van der Waals surface area contributed by atoms with Gasteiger partial charge in [0.15, 0.2) is 0 Å². The van der Waals surface area contributed by atoms with Gasteiger partial charge in [-0.05, 0) is 163 Å². The summed E-state index contributed by atoms with van der Waals surface area (Å²) in [5.74, 6) is 3.12. The van der Waals surface area contributed by atoms with Gasteiger partial charge in [-0.3, -0.25) is 0 Å². The van der Waals surface area contributed by atoms with E-state index in [1.165, 1.54) is 22.3 Å². The Labute approximate surface area is 300 Å². The summed E-state index contributed by atoms with van der Waals surface area (Å²) in [7, 11) is 0. The van der Waals surface area contributed by atoms with Gasteiger partial charge in [-0.2, -0.15) is 0 Å². The molecule has 5 heteroatoms. The zero-order chi connectivity index (χ0) is 35.2. The standard InChI is InChI=1S/C46H41NO4/c1-32-9-17-40(27-34(32)3)47(41-18-10-33(2)35(4)28-41)39-19-11-36(12-20-39)29-46(37-13-21-42(22-14-37)50-30-44-7-5-25-48-44)38-15-23-43(24-16-38)51-31-45-8-6-26-49-45/h5-29H,30-31H2,1-4H3. The second kappa shape index (κ2) is 15.1. The summed E-state index contributed by atoms with van der Waals surface area (Å²) in [5, 5.41) is 0. The first-order chi connectivity index (χ1) is 24.9. The van der Waals surface area contributed by atoms with Gasteiger partial charge in [-0.1, -0.05) is 48.5 Å². The highest BCUT2D eigenvalue weighted by molar-refractivity contribution is 5.92. The highest BCUT2D eigenvalue weighted by atomic mass is 16.5. The normalized spacial score (nSPS) is 10.9. The summed E-state index contributed by atoms with van der Waals surface area (Å²) in [6, 6.07) is 46.0. The minimum absolute atomic E-state index is 0.377. The molecule has 51 heavy (non-hydrogen) atoms. The molecule has 0 amide bonds. The molecule has 7 rings (SSSR count). The molecular weight excluding hydrogens is 631 g/mol. The fourth-order valence-corrected chi connectivity index (χ4v) is 5.96. The monoisotopic (exact) mass is 671 g/mol. The van der Waals surface area contributed by atoms with Gasteiger partial charge in [0.2, 0.25) is 0 Å². The molecule has 0 atom stereocenters. The number of ether oxygens (including phenoxy) is 2. The maximum atomic E-state index is 5.98. The van der Waals surface area contributed by atoms with Crippen molar-refractivity contribution in [2.75, 3.05) is 4.90 Å². The predicted molar refractivity (Wildman–Crippen MR) is 206 cm³/mol. The lowest BCUT2D eigenvalue weighted by molar-refractivity contribution is 0.270. The van der Waals surface area contributed by atoms with Crippen molar-refractivity contribution >= 4 is 28.7 Å². The smallest absolute Gasteiger partial charge is 0.146 e. The van der Waals surface area contributed by atoms with E-state index in [4.69, 9.17) is 18.3 Å². The Kier molecular flexibility index (Phi) is 9.89. The summed E-state index contributed by atoms with van der Waals surface area (Å²) in [5.41, 5.74) is 12.8. The lowest BCUT2D eigenvalue weighted by atomic mass is 9.95. The molecule has 0 radical (unpaired) electrons. The van der Waals surface area contributed by atoms with Crippen molar-refractivity contribution in [1.82, 2.24) is 0 Å². The van der Waals surface area contributed by atoms with Crippen LogP contribution in [0.25, 0.3) is 11.6 Å². The predicted octanol–water partition coefficient (Wildman–Crippen LogP) is 12.3. The quantitative estimate of drug-likeness (QED) is 0.121. The summed E-state index contributed by atoms with van der Waals surface area (Å²) < 4.78 is 22.8. The van der Waals surface area contributed by atoms with Crippen LogP contribution >= 0.6 is 0 Å². The molecule has 0 N–H and O–H groups in total. The minimum atomic E-state index is 0.377. The zero-order valence-corrected chi connectivity index (χ0v) is 29.4. The number of nitrogens with zero attached hydrogens (tertiary/aromatic N) is 1. The lowest BCUT2D eigenvalue weighted by Gasteiger charge is -2.27. The van der Waals surface area contributed by atoms with Crippen LogP contribution in [0.1, 0.15) is 50.5 Å². The molecule has 2 heterocycles. The van der Waals surface area contributed by atoms with Crippen molar-refractivity contribution < 1.29 is 18.3 Å². The first-order valence-corrected chi connectivity index (χ1v) is 17.2. The second-order valence-corrected chi connectivity index (χ2v) is 12.8. The molecule has 5 aromatic carbocycles. The maximum Gasteiger partial charge on any atom is 0.146 e. The summed E-state index contributed by atoms with van der Waals surface area (Å²) in [6.45, 7) is 9.40. The van der Waals surface area contributed by atoms with Gasteiger partial charge in [0.1, 0.15) is 36.2 Å². The van der Waals surface area contributed by atoms with Gasteiger partial charge in [0.05, 0.1) is 12.5 Å². The van der Waals surface area contributed by atoms with E-state index in [2.05, 4.69) is 124 Å². The number of benzene rings is 5. The summed E-state index contributed by atoms with van der Waals surface area (Å²) in [4.78, 5) is 2.33. The highest BCUT2D eigenvalue weighted by Gasteiger charge is 2.15. The van der Waals surface area contributed by atoms with E-state index in [-0.39, 0.29) is 0 Å².